The molecule has 2 aliphatic heterocycles. The van der Waals surface area contributed by atoms with Gasteiger partial charge in [-0.25, -0.2) is 4.39 Å². The first-order valence-corrected chi connectivity index (χ1v) is 9.66. The fourth-order valence-electron chi connectivity index (χ4n) is 3.78. The first-order chi connectivity index (χ1) is 13.1. The Kier molecular flexibility index (Phi) is 4.65. The molecule has 27 heavy (non-hydrogen) atoms. The minimum absolute atomic E-state index is 0.0783. The maximum absolute atomic E-state index is 14.2. The van der Waals surface area contributed by atoms with Crippen molar-refractivity contribution in [2.75, 3.05) is 30.9 Å². The Hall–Kier alpha value is -2.38. The van der Waals surface area contributed by atoms with E-state index in [0.717, 1.165) is 11.3 Å². The second-order valence-corrected chi connectivity index (χ2v) is 7.76. The van der Waals surface area contributed by atoms with Gasteiger partial charge in [-0.1, -0.05) is 36.4 Å². The minimum Gasteiger partial charge on any atom is -0.375 e. The number of halogens is 1. The van der Waals surface area contributed by atoms with Crippen LogP contribution in [0.3, 0.4) is 0 Å². The summed E-state index contributed by atoms with van der Waals surface area (Å²) in [6.45, 7) is 0.517. The van der Waals surface area contributed by atoms with Crippen molar-refractivity contribution < 1.29 is 18.7 Å². The Morgan fingerprint density at radius 2 is 1.96 bits per heavy atom. The van der Waals surface area contributed by atoms with Crippen LogP contribution in [-0.4, -0.2) is 42.7 Å². The summed E-state index contributed by atoms with van der Waals surface area (Å²) in [5, 5.41) is 0. The van der Waals surface area contributed by atoms with E-state index in [1.165, 1.54) is 24.9 Å². The van der Waals surface area contributed by atoms with Crippen LogP contribution in [0.2, 0.25) is 0 Å². The van der Waals surface area contributed by atoms with E-state index in [2.05, 4.69) is 0 Å². The highest BCUT2D eigenvalue weighted by Crippen LogP contribution is 2.54. The number of para-hydroxylation sites is 1. The normalized spacial score (nSPS) is 21.2. The molecule has 0 aromatic heterocycles. The molecule has 1 fully saturated rings. The maximum Gasteiger partial charge on any atom is 0.268 e. The van der Waals surface area contributed by atoms with Gasteiger partial charge in [-0.3, -0.25) is 9.59 Å². The third-order valence-electron chi connectivity index (χ3n) is 4.96. The lowest BCUT2D eigenvalue weighted by molar-refractivity contribution is -0.143. The van der Waals surface area contributed by atoms with E-state index in [9.17, 15) is 14.0 Å². The number of ether oxygens (including phenoxy) is 1. The van der Waals surface area contributed by atoms with E-state index >= 15 is 0 Å². The molecule has 2 aromatic carbocycles. The van der Waals surface area contributed by atoms with Crippen LogP contribution in [0.25, 0.3) is 0 Å². The van der Waals surface area contributed by atoms with Crippen molar-refractivity contribution in [1.82, 2.24) is 4.90 Å². The van der Waals surface area contributed by atoms with Gasteiger partial charge in [-0.15, -0.1) is 11.8 Å². The number of anilines is 1. The number of carbonyl (C=O) groups is 2. The number of rotatable bonds is 4. The lowest BCUT2D eigenvalue weighted by Gasteiger charge is -2.33. The number of nitrogens with zero attached hydrogens (tertiary/aromatic N) is 2. The van der Waals surface area contributed by atoms with Gasteiger partial charge in [0.1, 0.15) is 12.4 Å². The number of hydrogen-bond acceptors (Lipinski definition) is 4. The largest absolute Gasteiger partial charge is 0.375 e. The van der Waals surface area contributed by atoms with Crippen molar-refractivity contribution in [3.63, 3.8) is 0 Å². The standard InChI is InChI=1S/C20H19FN2O3S/c1-26-13-18(24)23-10-11-27-20(23)15-7-3-5-9-17(15)22(19(20)25)12-14-6-2-4-8-16(14)21/h2-9H,10-13H2,1H3. The fourth-order valence-corrected chi connectivity index (χ4v) is 5.26. The van der Waals surface area contributed by atoms with Gasteiger partial charge in [0, 0.05) is 30.5 Å². The van der Waals surface area contributed by atoms with Gasteiger partial charge in [0.15, 0.2) is 4.87 Å². The number of thioether (sulfide) groups is 1. The molecule has 2 amide bonds. The average Bonchev–Trinajstić information content (AvgIpc) is 3.21. The maximum atomic E-state index is 14.2. The monoisotopic (exact) mass is 386 g/mol. The summed E-state index contributed by atoms with van der Waals surface area (Å²) >= 11 is 1.45. The highest BCUT2D eigenvalue weighted by atomic mass is 32.2. The number of amides is 2. The zero-order chi connectivity index (χ0) is 19.0. The summed E-state index contributed by atoms with van der Waals surface area (Å²) in [6.07, 6.45) is 0. The van der Waals surface area contributed by atoms with Gasteiger partial charge in [-0.2, -0.15) is 0 Å². The van der Waals surface area contributed by atoms with Crippen LogP contribution in [0.15, 0.2) is 48.5 Å². The Morgan fingerprint density at radius 1 is 1.22 bits per heavy atom. The van der Waals surface area contributed by atoms with Crippen molar-refractivity contribution in [2.24, 2.45) is 0 Å². The fraction of sp³-hybridized carbons (Fsp3) is 0.300. The molecular formula is C20H19FN2O3S. The zero-order valence-electron chi connectivity index (χ0n) is 14.9. The summed E-state index contributed by atoms with van der Waals surface area (Å²) in [6, 6.07) is 13.9. The molecule has 1 atom stereocenters. The quantitative estimate of drug-likeness (QED) is 0.811. The molecule has 140 valence electrons. The first kappa shape index (κ1) is 18.0. The SMILES string of the molecule is COCC(=O)N1CCSC12C(=O)N(Cc1ccccc1F)c1ccccc12. The van der Waals surface area contributed by atoms with Crippen LogP contribution in [0.5, 0.6) is 0 Å². The molecule has 0 bridgehead atoms. The molecular weight excluding hydrogens is 367 g/mol. The molecule has 1 saturated heterocycles. The minimum atomic E-state index is -1.10. The Balaban J connectivity index is 1.78. The van der Waals surface area contributed by atoms with Crippen LogP contribution >= 0.6 is 11.8 Å². The Labute approximate surface area is 161 Å². The van der Waals surface area contributed by atoms with Gasteiger partial charge < -0.3 is 14.5 Å². The van der Waals surface area contributed by atoms with Crippen LogP contribution in [0, 0.1) is 5.82 Å². The van der Waals surface area contributed by atoms with E-state index in [0.29, 0.717) is 17.9 Å². The van der Waals surface area contributed by atoms with Crippen molar-refractivity contribution in [3.8, 4) is 0 Å². The summed E-state index contributed by atoms with van der Waals surface area (Å²) in [7, 11) is 1.46. The average molecular weight is 386 g/mol. The van der Waals surface area contributed by atoms with Crippen molar-refractivity contribution in [1.29, 1.82) is 0 Å². The Morgan fingerprint density at radius 3 is 2.74 bits per heavy atom. The molecule has 0 N–H and O–H groups in total. The summed E-state index contributed by atoms with van der Waals surface area (Å²) in [5.74, 6) is -0.129. The lowest BCUT2D eigenvalue weighted by Crippen LogP contribution is -2.51. The van der Waals surface area contributed by atoms with Gasteiger partial charge in [-0.05, 0) is 12.1 Å². The Bertz CT molecular complexity index is 906. The second-order valence-electron chi connectivity index (χ2n) is 6.47. The second kappa shape index (κ2) is 6.98. The molecule has 4 rings (SSSR count). The van der Waals surface area contributed by atoms with E-state index in [4.69, 9.17) is 4.74 Å². The molecule has 0 saturated carbocycles. The molecule has 5 nitrogen and oxygen atoms in total. The van der Waals surface area contributed by atoms with Crippen molar-refractivity contribution in [2.45, 2.75) is 11.4 Å². The summed E-state index contributed by atoms with van der Waals surface area (Å²) in [5.41, 5.74) is 1.93. The molecule has 2 heterocycles. The summed E-state index contributed by atoms with van der Waals surface area (Å²) < 4.78 is 19.2. The predicted octanol–water partition coefficient (Wildman–Crippen LogP) is 2.75. The third kappa shape index (κ3) is 2.73. The molecule has 1 spiro atoms. The van der Waals surface area contributed by atoms with Crippen LogP contribution < -0.4 is 4.90 Å². The smallest absolute Gasteiger partial charge is 0.268 e. The van der Waals surface area contributed by atoms with Gasteiger partial charge in [0.25, 0.3) is 5.91 Å². The van der Waals surface area contributed by atoms with Crippen molar-refractivity contribution in [3.05, 3.63) is 65.5 Å². The molecule has 0 aliphatic carbocycles. The molecule has 1 unspecified atom stereocenters. The summed E-state index contributed by atoms with van der Waals surface area (Å²) in [4.78, 5) is 28.3. The van der Waals surface area contributed by atoms with E-state index in [1.54, 1.807) is 28.0 Å². The van der Waals surface area contributed by atoms with E-state index < -0.39 is 4.87 Å². The van der Waals surface area contributed by atoms with Gasteiger partial charge >= 0.3 is 0 Å². The molecule has 0 radical (unpaired) electrons. The van der Waals surface area contributed by atoms with Gasteiger partial charge in [0.2, 0.25) is 5.91 Å². The number of methoxy groups -OCH3 is 1. The van der Waals surface area contributed by atoms with E-state index in [1.807, 2.05) is 24.3 Å². The molecule has 2 aromatic rings. The molecule has 7 heteroatoms. The van der Waals surface area contributed by atoms with Crippen LogP contribution in [0.1, 0.15) is 11.1 Å². The highest BCUT2D eigenvalue weighted by molar-refractivity contribution is 8.01. The lowest BCUT2D eigenvalue weighted by atomic mass is 10.1. The van der Waals surface area contributed by atoms with Crippen LogP contribution in [0.4, 0.5) is 10.1 Å². The van der Waals surface area contributed by atoms with Crippen LogP contribution in [-0.2, 0) is 25.7 Å². The number of fused-ring (bicyclic) bond motifs is 2. The zero-order valence-corrected chi connectivity index (χ0v) is 15.7. The number of carbonyl (C=O) groups excluding carboxylic acids is 2. The molecule has 2 aliphatic rings. The van der Waals surface area contributed by atoms with Crippen molar-refractivity contribution >= 4 is 29.3 Å². The number of benzene rings is 2. The predicted molar refractivity (Wildman–Crippen MR) is 102 cm³/mol. The number of hydrogen-bond donors (Lipinski definition) is 0. The highest BCUT2D eigenvalue weighted by Gasteiger charge is 2.59. The topological polar surface area (TPSA) is 49.9 Å². The third-order valence-corrected chi connectivity index (χ3v) is 6.38. The first-order valence-electron chi connectivity index (χ1n) is 8.68. The van der Waals surface area contributed by atoms with Gasteiger partial charge in [0.05, 0.1) is 12.2 Å². The van der Waals surface area contributed by atoms with E-state index in [-0.39, 0.29) is 30.8 Å².